The minimum atomic E-state index is -0.115. The first-order valence-electron chi connectivity index (χ1n) is 8.99. The Bertz CT molecular complexity index is 957. The van der Waals surface area contributed by atoms with E-state index in [4.69, 9.17) is 4.98 Å². The highest BCUT2D eigenvalue weighted by atomic mass is 16.1. The summed E-state index contributed by atoms with van der Waals surface area (Å²) in [6.07, 6.45) is 10.3. The van der Waals surface area contributed by atoms with Crippen molar-refractivity contribution in [1.29, 1.82) is 0 Å². The molecule has 1 aliphatic carbocycles. The van der Waals surface area contributed by atoms with Gasteiger partial charge in [-0.05, 0) is 42.5 Å². The number of nitrogens with one attached hydrogen (secondary N) is 1. The number of rotatable bonds is 3. The number of amides is 1. The van der Waals surface area contributed by atoms with Gasteiger partial charge in [0, 0.05) is 47.7 Å². The van der Waals surface area contributed by atoms with Crippen molar-refractivity contribution in [2.24, 2.45) is 5.41 Å². The lowest BCUT2D eigenvalue weighted by atomic mass is 9.74. The average Bonchev–Trinajstić information content (AvgIpc) is 2.68. The van der Waals surface area contributed by atoms with E-state index in [1.807, 2.05) is 18.3 Å². The molecule has 0 bridgehead atoms. The first kappa shape index (κ1) is 17.3. The van der Waals surface area contributed by atoms with Crippen molar-refractivity contribution in [2.45, 2.75) is 32.7 Å². The van der Waals surface area contributed by atoms with E-state index < -0.39 is 0 Å². The molecule has 1 unspecified atom stereocenters. The van der Waals surface area contributed by atoms with E-state index in [1.165, 1.54) is 0 Å². The van der Waals surface area contributed by atoms with E-state index in [0.717, 1.165) is 29.7 Å². The highest BCUT2D eigenvalue weighted by molar-refractivity contribution is 5.94. The van der Waals surface area contributed by atoms with Crippen molar-refractivity contribution in [3.8, 4) is 11.4 Å². The van der Waals surface area contributed by atoms with E-state index >= 15 is 0 Å². The second-order valence-electron chi connectivity index (χ2n) is 7.64. The summed E-state index contributed by atoms with van der Waals surface area (Å²) in [5.74, 6) is 0.581. The number of nitrogens with zero attached hydrogens (tertiary/aromatic N) is 4. The molecule has 4 rings (SSSR count). The third-order valence-corrected chi connectivity index (χ3v) is 4.86. The van der Waals surface area contributed by atoms with Crippen molar-refractivity contribution in [3.63, 3.8) is 0 Å². The standard InChI is InChI=1S/C21H21N5O/c1-21(2)11-17-16(13-24-19(25-17)14-3-7-22-8-4-14)18(12-21)26-20(27)15-5-9-23-10-6-15/h3-10,13,18H,11-12H2,1-2H3,(H,26,27). The lowest BCUT2D eigenvalue weighted by Gasteiger charge is -2.36. The Morgan fingerprint density at radius 3 is 2.44 bits per heavy atom. The summed E-state index contributed by atoms with van der Waals surface area (Å²) in [4.78, 5) is 30.0. The van der Waals surface area contributed by atoms with Gasteiger partial charge >= 0.3 is 0 Å². The molecule has 6 heteroatoms. The summed E-state index contributed by atoms with van der Waals surface area (Å²) in [6.45, 7) is 4.41. The maximum Gasteiger partial charge on any atom is 0.251 e. The number of hydrogen-bond acceptors (Lipinski definition) is 5. The summed E-state index contributed by atoms with van der Waals surface area (Å²) < 4.78 is 0. The van der Waals surface area contributed by atoms with Crippen molar-refractivity contribution >= 4 is 5.91 Å². The molecule has 0 spiro atoms. The van der Waals surface area contributed by atoms with Gasteiger partial charge in [-0.25, -0.2) is 9.97 Å². The summed E-state index contributed by atoms with van der Waals surface area (Å²) in [7, 11) is 0. The van der Waals surface area contributed by atoms with E-state index in [1.54, 1.807) is 36.9 Å². The van der Waals surface area contributed by atoms with Crippen LogP contribution in [0.15, 0.2) is 55.2 Å². The molecule has 0 saturated heterocycles. The molecule has 6 nitrogen and oxygen atoms in total. The van der Waals surface area contributed by atoms with Crippen LogP contribution in [0.4, 0.5) is 0 Å². The van der Waals surface area contributed by atoms with Crippen LogP contribution in [-0.4, -0.2) is 25.8 Å². The smallest absolute Gasteiger partial charge is 0.251 e. The van der Waals surface area contributed by atoms with Crippen molar-refractivity contribution < 1.29 is 4.79 Å². The van der Waals surface area contributed by atoms with E-state index in [0.29, 0.717) is 11.4 Å². The van der Waals surface area contributed by atoms with Crippen LogP contribution < -0.4 is 5.32 Å². The largest absolute Gasteiger partial charge is 0.345 e. The Hall–Kier alpha value is -3.15. The highest BCUT2D eigenvalue weighted by Gasteiger charge is 2.34. The third kappa shape index (κ3) is 3.69. The van der Waals surface area contributed by atoms with Gasteiger partial charge in [-0.2, -0.15) is 0 Å². The number of aromatic nitrogens is 4. The third-order valence-electron chi connectivity index (χ3n) is 4.86. The van der Waals surface area contributed by atoms with Gasteiger partial charge in [0.15, 0.2) is 5.82 Å². The zero-order chi connectivity index (χ0) is 18.9. The average molecular weight is 359 g/mol. The van der Waals surface area contributed by atoms with Crippen LogP contribution in [0.5, 0.6) is 0 Å². The fraction of sp³-hybridized carbons (Fsp3) is 0.286. The Balaban J connectivity index is 1.66. The van der Waals surface area contributed by atoms with E-state index in [2.05, 4.69) is 34.1 Å². The zero-order valence-electron chi connectivity index (χ0n) is 15.4. The predicted octanol–water partition coefficient (Wildman–Crippen LogP) is 3.38. The second kappa shape index (κ2) is 6.87. The van der Waals surface area contributed by atoms with Crippen LogP contribution in [0.3, 0.4) is 0 Å². The Labute approximate surface area is 158 Å². The Morgan fingerprint density at radius 1 is 1.07 bits per heavy atom. The van der Waals surface area contributed by atoms with Crippen molar-refractivity contribution in [2.75, 3.05) is 0 Å². The Kier molecular flexibility index (Phi) is 4.39. The topological polar surface area (TPSA) is 80.7 Å². The molecular formula is C21H21N5O. The molecule has 0 fully saturated rings. The molecule has 136 valence electrons. The SMILES string of the molecule is CC1(C)Cc2nc(-c3ccncc3)ncc2C(NC(=O)c2ccncc2)C1. The van der Waals surface area contributed by atoms with Crippen molar-refractivity contribution in [3.05, 3.63) is 72.1 Å². The van der Waals surface area contributed by atoms with Crippen molar-refractivity contribution in [1.82, 2.24) is 25.3 Å². The quantitative estimate of drug-likeness (QED) is 0.775. The molecule has 0 saturated carbocycles. The first-order valence-corrected chi connectivity index (χ1v) is 8.99. The van der Waals surface area contributed by atoms with Gasteiger partial charge in [-0.3, -0.25) is 14.8 Å². The van der Waals surface area contributed by atoms with E-state index in [9.17, 15) is 4.79 Å². The normalized spacial score (nSPS) is 17.8. The zero-order valence-corrected chi connectivity index (χ0v) is 15.4. The minimum Gasteiger partial charge on any atom is -0.345 e. The predicted molar refractivity (Wildman–Crippen MR) is 102 cm³/mol. The van der Waals surface area contributed by atoms with Gasteiger partial charge in [0.2, 0.25) is 0 Å². The number of carbonyl (C=O) groups excluding carboxylic acids is 1. The van der Waals surface area contributed by atoms with E-state index in [-0.39, 0.29) is 17.4 Å². The molecular weight excluding hydrogens is 338 g/mol. The molecule has 1 atom stereocenters. The lowest BCUT2D eigenvalue weighted by molar-refractivity contribution is 0.0919. The van der Waals surface area contributed by atoms with Crippen LogP contribution in [0.1, 0.15) is 47.9 Å². The molecule has 1 amide bonds. The molecule has 1 N–H and O–H groups in total. The van der Waals surface area contributed by atoms with Gasteiger partial charge in [0.25, 0.3) is 5.91 Å². The molecule has 0 aromatic carbocycles. The fourth-order valence-corrected chi connectivity index (χ4v) is 3.56. The first-order chi connectivity index (χ1) is 13.0. The van der Waals surface area contributed by atoms with Gasteiger partial charge in [0.05, 0.1) is 11.7 Å². The van der Waals surface area contributed by atoms with Gasteiger partial charge in [0.1, 0.15) is 0 Å². The number of hydrogen-bond donors (Lipinski definition) is 1. The van der Waals surface area contributed by atoms with Gasteiger partial charge in [-0.1, -0.05) is 13.8 Å². The highest BCUT2D eigenvalue weighted by Crippen LogP contribution is 2.40. The Morgan fingerprint density at radius 2 is 1.74 bits per heavy atom. The maximum atomic E-state index is 12.6. The fourth-order valence-electron chi connectivity index (χ4n) is 3.56. The molecule has 0 radical (unpaired) electrons. The van der Waals surface area contributed by atoms with Crippen LogP contribution in [0, 0.1) is 5.41 Å². The maximum absolute atomic E-state index is 12.6. The number of fused-ring (bicyclic) bond motifs is 1. The van der Waals surface area contributed by atoms with Gasteiger partial charge < -0.3 is 5.32 Å². The van der Waals surface area contributed by atoms with Crippen LogP contribution in [-0.2, 0) is 6.42 Å². The lowest BCUT2D eigenvalue weighted by Crippen LogP contribution is -2.37. The molecule has 0 aliphatic heterocycles. The summed E-state index contributed by atoms with van der Waals surface area (Å²) in [5, 5.41) is 3.15. The molecule has 27 heavy (non-hydrogen) atoms. The van der Waals surface area contributed by atoms with Crippen LogP contribution in [0.25, 0.3) is 11.4 Å². The summed E-state index contributed by atoms with van der Waals surface area (Å²) in [5.41, 5.74) is 3.56. The summed E-state index contributed by atoms with van der Waals surface area (Å²) >= 11 is 0. The van der Waals surface area contributed by atoms with Gasteiger partial charge in [-0.15, -0.1) is 0 Å². The molecule has 3 aromatic rings. The van der Waals surface area contributed by atoms with Crippen LogP contribution in [0.2, 0.25) is 0 Å². The number of carbonyl (C=O) groups is 1. The minimum absolute atomic E-state index is 0.0348. The second-order valence-corrected chi connectivity index (χ2v) is 7.64. The molecule has 1 aliphatic rings. The van der Waals surface area contributed by atoms with Crippen LogP contribution >= 0.6 is 0 Å². The molecule has 3 heterocycles. The molecule has 3 aromatic heterocycles. The summed E-state index contributed by atoms with van der Waals surface area (Å²) in [6, 6.07) is 7.12. The monoisotopic (exact) mass is 359 g/mol. The number of pyridine rings is 2.